The summed E-state index contributed by atoms with van der Waals surface area (Å²) in [6.07, 6.45) is 27.9. The van der Waals surface area contributed by atoms with Crippen molar-refractivity contribution in [3.8, 4) is 50.2 Å². The molecule has 2 aromatic heterocycles. The van der Waals surface area contributed by atoms with Crippen LogP contribution in [0.1, 0.15) is 18.4 Å². The molecule has 5 nitrogen and oxygen atoms in total. The number of aromatic nitrogens is 1. The number of rotatable bonds is 23. The molecule has 1 aliphatic carbocycles. The number of anilines is 6. The van der Waals surface area contributed by atoms with Crippen LogP contribution in [0.15, 0.2) is 425 Å². The third-order valence-electron chi connectivity index (χ3n) is 18.2. The molecule has 13 rings (SSSR count). The largest absolute Gasteiger partial charge is 0.455 e. The Hall–Kier alpha value is -13.2. The summed E-state index contributed by atoms with van der Waals surface area (Å²) in [5, 5.41) is 2.94. The van der Waals surface area contributed by atoms with Crippen LogP contribution in [0.4, 0.5) is 34.1 Å². The Kier molecular flexibility index (Phi) is 20.3. The summed E-state index contributed by atoms with van der Waals surface area (Å²) in [4.78, 5) is 6.71. The number of benzene rings is 10. The van der Waals surface area contributed by atoms with Gasteiger partial charge in [0.15, 0.2) is 0 Å². The van der Waals surface area contributed by atoms with E-state index in [9.17, 15) is 0 Å². The number of hydrogen-bond donors (Lipinski definition) is 0. The average Bonchev–Trinajstić information content (AvgIpc) is 1.67. The SMILES string of the molecule is C=C/C=C(\C=C)N(c1ccccc1)c1ccc(-c2ccc(N(C(=C)/C=C\C(=C)C(=C)/C=C\C(=C)c3ccc(-n4cccc(-c5ccc(-c6cccc7c(=C)/c(=C\C=C)oc67)cc5)ccc5ccccc54)cc3)c3ccc(-c4ccc(N(C5=CC=CCC5)c5ccccc5)cc4)cc3)cc2)cc1. The van der Waals surface area contributed by atoms with Crippen LogP contribution >= 0.6 is 0 Å². The maximum Gasteiger partial charge on any atom is 0.143 e. The average molecular weight is 1300 g/mol. The Morgan fingerprint density at radius 2 is 0.960 bits per heavy atom. The van der Waals surface area contributed by atoms with Gasteiger partial charge in [-0.2, -0.15) is 0 Å². The van der Waals surface area contributed by atoms with E-state index in [4.69, 9.17) is 4.42 Å². The minimum Gasteiger partial charge on any atom is -0.455 e. The van der Waals surface area contributed by atoms with Gasteiger partial charge in [0.05, 0.1) is 5.52 Å². The highest BCUT2D eigenvalue weighted by atomic mass is 16.3. The molecule has 488 valence electrons. The topological polar surface area (TPSA) is 27.8 Å². The maximum absolute atomic E-state index is 6.29. The van der Waals surface area contributed by atoms with E-state index >= 15 is 0 Å². The molecule has 10 aromatic carbocycles. The van der Waals surface area contributed by atoms with E-state index < -0.39 is 0 Å². The molecule has 0 unspecified atom stereocenters. The van der Waals surface area contributed by atoms with Crippen molar-refractivity contribution in [2.45, 2.75) is 12.8 Å². The highest BCUT2D eigenvalue weighted by molar-refractivity contribution is 5.94. The number of allylic oxidation sites excluding steroid dienone is 15. The molecule has 0 atom stereocenters. The third kappa shape index (κ3) is 14.9. The predicted molar refractivity (Wildman–Crippen MR) is 434 cm³/mol. The zero-order valence-electron chi connectivity index (χ0n) is 56.8. The van der Waals surface area contributed by atoms with E-state index in [0.29, 0.717) is 0 Å². The van der Waals surface area contributed by atoms with E-state index in [2.05, 4.69) is 351 Å². The molecule has 12 aromatic rings. The quantitative estimate of drug-likeness (QED) is 0.0597. The lowest BCUT2D eigenvalue weighted by Gasteiger charge is -2.29. The summed E-state index contributed by atoms with van der Waals surface area (Å²) in [6, 6.07) is 96.1. The molecule has 0 amide bonds. The lowest BCUT2D eigenvalue weighted by atomic mass is 9.99. The molecule has 0 saturated heterocycles. The van der Waals surface area contributed by atoms with E-state index in [1.54, 1.807) is 12.2 Å². The molecule has 101 heavy (non-hydrogen) atoms. The molecule has 0 fully saturated rings. The molecule has 5 heteroatoms. The monoisotopic (exact) mass is 1300 g/mol. The van der Waals surface area contributed by atoms with Crippen LogP contribution in [-0.2, 0) is 0 Å². The van der Waals surface area contributed by atoms with Crippen LogP contribution in [-0.4, -0.2) is 4.57 Å². The number of hydrogen-bond acceptors (Lipinski definition) is 4. The summed E-state index contributed by atoms with van der Waals surface area (Å²) in [7, 11) is 0. The zero-order chi connectivity index (χ0) is 69.6. The Balaban J connectivity index is 0.723. The minimum atomic E-state index is 0.722. The van der Waals surface area contributed by atoms with E-state index in [-0.39, 0.29) is 0 Å². The molecule has 0 aliphatic heterocycles. The van der Waals surface area contributed by atoms with Crippen LogP contribution in [0, 0.1) is 0 Å². The molecule has 2 heterocycles. The second-order valence-electron chi connectivity index (χ2n) is 24.6. The number of fused-ring (bicyclic) bond motifs is 2. The van der Waals surface area contributed by atoms with E-state index in [1.165, 1.54) is 5.70 Å². The molecule has 0 radical (unpaired) electrons. The van der Waals surface area contributed by atoms with Gasteiger partial charge in [0.1, 0.15) is 11.0 Å². The van der Waals surface area contributed by atoms with Crippen molar-refractivity contribution in [2.24, 2.45) is 0 Å². The van der Waals surface area contributed by atoms with Gasteiger partial charge in [-0.1, -0.05) is 271 Å². The van der Waals surface area contributed by atoms with Gasteiger partial charge >= 0.3 is 0 Å². The second-order valence-corrected chi connectivity index (χ2v) is 24.6. The number of furan rings is 1. The van der Waals surface area contributed by atoms with Gasteiger partial charge in [0.25, 0.3) is 0 Å². The normalized spacial score (nSPS) is 12.3. The van der Waals surface area contributed by atoms with Crippen LogP contribution < -0.4 is 25.3 Å². The van der Waals surface area contributed by atoms with Gasteiger partial charge in [0.2, 0.25) is 0 Å². The number of nitrogens with zero attached hydrogens (tertiary/aromatic N) is 4. The smallest absolute Gasteiger partial charge is 0.143 e. The van der Waals surface area contributed by atoms with Crippen molar-refractivity contribution < 1.29 is 4.42 Å². The minimum absolute atomic E-state index is 0.722. The molecular formula is C96H78N4O. The highest BCUT2D eigenvalue weighted by Crippen LogP contribution is 2.39. The third-order valence-corrected chi connectivity index (χ3v) is 18.2. The summed E-state index contributed by atoms with van der Waals surface area (Å²) >= 11 is 0. The lowest BCUT2D eigenvalue weighted by Crippen LogP contribution is -2.17. The Morgan fingerprint density at radius 1 is 0.446 bits per heavy atom. The fraction of sp³-hybridized carbons (Fsp3) is 0.0208. The Labute approximate surface area is 593 Å². The molecular weight excluding hydrogens is 1230 g/mol. The Bertz CT molecular complexity index is 5440. The predicted octanol–water partition coefficient (Wildman–Crippen LogP) is 24.9. The van der Waals surface area contributed by atoms with E-state index in [0.717, 1.165) is 163 Å². The molecule has 0 N–H and O–H groups in total. The summed E-state index contributed by atoms with van der Waals surface area (Å²) in [5.74, 6) is 0. The molecule has 1 aliphatic rings. The first kappa shape index (κ1) is 66.4. The first-order valence-electron chi connectivity index (χ1n) is 33.9. The van der Waals surface area contributed by atoms with Crippen molar-refractivity contribution in [3.63, 3.8) is 0 Å². The summed E-state index contributed by atoms with van der Waals surface area (Å²) < 4.78 is 8.51. The Morgan fingerprint density at radius 3 is 1.54 bits per heavy atom. The van der Waals surface area contributed by atoms with Crippen molar-refractivity contribution in [1.29, 1.82) is 0 Å². The number of para-hydroxylation sites is 4. The first-order chi connectivity index (χ1) is 49.5. The van der Waals surface area contributed by atoms with Gasteiger partial charge in [-0.3, -0.25) is 0 Å². The van der Waals surface area contributed by atoms with Crippen LogP contribution in [0.5, 0.6) is 0 Å². The van der Waals surface area contributed by atoms with E-state index in [1.807, 2.05) is 60.7 Å². The van der Waals surface area contributed by atoms with Gasteiger partial charge in [0, 0.05) is 79.3 Å². The standard InChI is InChI=1S/C96H78N4O/c1-9-25-83(11-3)99(85-29-15-12-16-30-85)90-64-54-79(55-65-90)77-50-60-88(61-51-77)98(89-62-52-78(53-63-89)80-56-66-91(67-57-80)100(86-31-17-13-18-32-86)87-33-19-14-20-34-87)72(7)41-40-70(5)69(4)38-39-71(6)74-48-58-84(59-49-74)97-68-24-28-75(44-47-82-27-21-22-37-94(82)97)76-42-45-81(46-43-76)93-36-23-35-92-73(8)95(26-10-2)101-96(92)93/h9-19,21-33,35-68H,1-8,20,34H2/b39-38-,41-40-,47-44?,68-24?,75-28?,83-25+,95-26+. The van der Waals surface area contributed by atoms with Crippen molar-refractivity contribution in [2.75, 3.05) is 14.7 Å². The maximum atomic E-state index is 6.29. The zero-order valence-corrected chi connectivity index (χ0v) is 56.8. The molecule has 0 saturated carbocycles. The lowest BCUT2D eigenvalue weighted by molar-refractivity contribution is 0.577. The van der Waals surface area contributed by atoms with Crippen LogP contribution in [0.3, 0.4) is 0 Å². The van der Waals surface area contributed by atoms with Crippen molar-refractivity contribution in [1.82, 2.24) is 4.57 Å². The highest BCUT2D eigenvalue weighted by Gasteiger charge is 2.19. The van der Waals surface area contributed by atoms with Crippen LogP contribution in [0.2, 0.25) is 0 Å². The van der Waals surface area contributed by atoms with Gasteiger partial charge in [-0.05, 0) is 207 Å². The molecule has 0 spiro atoms. The fourth-order valence-corrected chi connectivity index (χ4v) is 12.8. The van der Waals surface area contributed by atoms with Gasteiger partial charge in [-0.25, -0.2) is 0 Å². The van der Waals surface area contributed by atoms with Crippen molar-refractivity contribution in [3.05, 3.63) is 437 Å². The first-order valence-corrected chi connectivity index (χ1v) is 33.9. The second kappa shape index (κ2) is 30.9. The summed E-state index contributed by atoms with van der Waals surface area (Å²) in [5.41, 5.74) is 24.7. The summed E-state index contributed by atoms with van der Waals surface area (Å²) in [6.45, 7) is 34.3. The van der Waals surface area contributed by atoms with Crippen molar-refractivity contribution >= 4 is 74.2 Å². The molecule has 0 bridgehead atoms. The van der Waals surface area contributed by atoms with Gasteiger partial charge < -0.3 is 23.7 Å². The van der Waals surface area contributed by atoms with Crippen LogP contribution in [0.25, 0.3) is 90.3 Å². The fourth-order valence-electron chi connectivity index (χ4n) is 12.8. The van der Waals surface area contributed by atoms with Gasteiger partial charge in [-0.15, -0.1) is 0 Å².